The van der Waals surface area contributed by atoms with Crippen LogP contribution in [-0.4, -0.2) is 61.9 Å². The average molecular weight is 454 g/mol. The van der Waals surface area contributed by atoms with Gasteiger partial charge in [0.15, 0.2) is 11.5 Å². The molecule has 176 valence electrons. The maximum atomic E-state index is 12.2. The van der Waals surface area contributed by atoms with Crippen LogP contribution >= 0.6 is 0 Å². The third-order valence-corrected chi connectivity index (χ3v) is 6.52. The van der Waals surface area contributed by atoms with Crippen molar-refractivity contribution in [3.05, 3.63) is 47.0 Å². The number of benzene rings is 2. The van der Waals surface area contributed by atoms with E-state index < -0.39 is 0 Å². The highest BCUT2D eigenvalue weighted by atomic mass is 16.7. The normalized spacial score (nSPS) is 20.5. The molecular weight excluding hydrogens is 422 g/mol. The minimum absolute atomic E-state index is 0.0636. The third kappa shape index (κ3) is 4.58. The highest BCUT2D eigenvalue weighted by Gasteiger charge is 2.28. The van der Waals surface area contributed by atoms with Crippen LogP contribution in [0.2, 0.25) is 0 Å². The number of nitrogens with one attached hydrogen (secondary N) is 1. The number of nitrogens with zero attached hydrogens (tertiary/aromatic N) is 2. The average Bonchev–Trinajstić information content (AvgIpc) is 3.19. The Morgan fingerprint density at radius 2 is 1.97 bits per heavy atom. The number of rotatable bonds is 6. The number of piperazine rings is 1. The van der Waals surface area contributed by atoms with Crippen molar-refractivity contribution < 1.29 is 23.7 Å². The minimum Gasteiger partial charge on any atom is -0.493 e. The highest BCUT2D eigenvalue weighted by Crippen LogP contribution is 2.42. The maximum Gasteiger partial charge on any atom is 0.237 e. The fourth-order valence-electron chi connectivity index (χ4n) is 4.90. The molecule has 0 spiro atoms. The molecule has 1 amide bonds. The molecule has 1 saturated heterocycles. The molecule has 0 saturated carbocycles. The Morgan fingerprint density at radius 1 is 1.06 bits per heavy atom. The summed E-state index contributed by atoms with van der Waals surface area (Å²) >= 11 is 0. The number of methoxy groups -OCH3 is 1. The molecule has 1 fully saturated rings. The standard InChI is InChI=1S/C25H31N3O5/c1-3-20-25(29)26-6-7-28(20)14-17-4-5-21-19(10-17)15-27(8-9-31-21)13-18-11-22(30-2)24-23(12-18)32-16-33-24/h4-5,10-12,20H,3,6-9,13-16H2,1-2H3,(H,26,29). The monoisotopic (exact) mass is 453 g/mol. The molecule has 33 heavy (non-hydrogen) atoms. The Labute approximate surface area is 194 Å². The van der Waals surface area contributed by atoms with Gasteiger partial charge in [-0.15, -0.1) is 0 Å². The van der Waals surface area contributed by atoms with Crippen LogP contribution in [0.25, 0.3) is 0 Å². The molecule has 3 aliphatic rings. The van der Waals surface area contributed by atoms with Crippen LogP contribution in [0.3, 0.4) is 0 Å². The van der Waals surface area contributed by atoms with Crippen molar-refractivity contribution in [3.8, 4) is 23.0 Å². The summed E-state index contributed by atoms with van der Waals surface area (Å²) in [5.74, 6) is 3.17. The lowest BCUT2D eigenvalue weighted by molar-refractivity contribution is -0.129. The molecular formula is C25H31N3O5. The van der Waals surface area contributed by atoms with Crippen LogP contribution in [0.1, 0.15) is 30.0 Å². The Hall–Kier alpha value is -2.97. The van der Waals surface area contributed by atoms with E-state index in [-0.39, 0.29) is 18.7 Å². The molecule has 2 aromatic rings. The summed E-state index contributed by atoms with van der Waals surface area (Å²) in [5.41, 5.74) is 3.49. The van der Waals surface area contributed by atoms with Gasteiger partial charge in [0.25, 0.3) is 0 Å². The second kappa shape index (κ2) is 9.49. The number of hydrogen-bond donors (Lipinski definition) is 1. The molecule has 5 rings (SSSR count). The summed E-state index contributed by atoms with van der Waals surface area (Å²) in [4.78, 5) is 16.9. The lowest BCUT2D eigenvalue weighted by Crippen LogP contribution is -2.54. The van der Waals surface area contributed by atoms with Gasteiger partial charge in [-0.1, -0.05) is 13.0 Å². The van der Waals surface area contributed by atoms with E-state index in [1.54, 1.807) is 7.11 Å². The molecule has 2 aromatic carbocycles. The fraction of sp³-hybridized carbons (Fsp3) is 0.480. The van der Waals surface area contributed by atoms with E-state index in [4.69, 9.17) is 18.9 Å². The predicted octanol–water partition coefficient (Wildman–Crippen LogP) is 2.53. The second-order valence-electron chi connectivity index (χ2n) is 8.72. The quantitative estimate of drug-likeness (QED) is 0.721. The topological polar surface area (TPSA) is 72.5 Å². The molecule has 0 radical (unpaired) electrons. The lowest BCUT2D eigenvalue weighted by atomic mass is 10.1. The molecule has 8 heteroatoms. The molecule has 8 nitrogen and oxygen atoms in total. The molecule has 0 aromatic heterocycles. The van der Waals surface area contributed by atoms with Gasteiger partial charge in [0, 0.05) is 44.8 Å². The lowest BCUT2D eigenvalue weighted by Gasteiger charge is -2.34. The Kier molecular flexibility index (Phi) is 6.28. The summed E-state index contributed by atoms with van der Waals surface area (Å²) in [5, 5.41) is 2.98. The summed E-state index contributed by atoms with van der Waals surface area (Å²) in [7, 11) is 1.65. The van der Waals surface area contributed by atoms with E-state index in [0.717, 1.165) is 56.2 Å². The molecule has 1 N–H and O–H groups in total. The zero-order valence-corrected chi connectivity index (χ0v) is 19.3. The van der Waals surface area contributed by atoms with Crippen LogP contribution in [0.15, 0.2) is 30.3 Å². The summed E-state index contributed by atoms with van der Waals surface area (Å²) in [6.45, 7) is 7.63. The molecule has 3 aliphatic heterocycles. The van der Waals surface area contributed by atoms with E-state index >= 15 is 0 Å². The SMILES string of the molecule is CCC1C(=O)NCCN1Cc1ccc2c(c1)CN(Cc1cc(OC)c3c(c1)OCO3)CCO2. The van der Waals surface area contributed by atoms with Crippen molar-refractivity contribution >= 4 is 5.91 Å². The van der Waals surface area contributed by atoms with Gasteiger partial charge in [-0.2, -0.15) is 0 Å². The Balaban J connectivity index is 1.32. The van der Waals surface area contributed by atoms with Gasteiger partial charge in [-0.25, -0.2) is 0 Å². The number of ether oxygens (including phenoxy) is 4. The van der Waals surface area contributed by atoms with E-state index in [2.05, 4.69) is 40.2 Å². The van der Waals surface area contributed by atoms with Gasteiger partial charge in [-0.05, 0) is 41.8 Å². The number of carbonyl (C=O) groups excluding carboxylic acids is 1. The predicted molar refractivity (Wildman–Crippen MR) is 123 cm³/mol. The van der Waals surface area contributed by atoms with Crippen LogP contribution in [0.4, 0.5) is 0 Å². The Bertz CT molecular complexity index is 1030. The van der Waals surface area contributed by atoms with Crippen molar-refractivity contribution in [2.75, 3.05) is 40.1 Å². The molecule has 1 atom stereocenters. The maximum absolute atomic E-state index is 12.2. The van der Waals surface area contributed by atoms with Gasteiger partial charge < -0.3 is 24.3 Å². The van der Waals surface area contributed by atoms with Crippen LogP contribution in [0, 0.1) is 0 Å². The minimum atomic E-state index is -0.0636. The van der Waals surface area contributed by atoms with Gasteiger partial charge in [-0.3, -0.25) is 14.6 Å². The molecule has 0 aliphatic carbocycles. The van der Waals surface area contributed by atoms with Crippen molar-refractivity contribution in [2.24, 2.45) is 0 Å². The molecule has 1 unspecified atom stereocenters. The van der Waals surface area contributed by atoms with Crippen LogP contribution in [-0.2, 0) is 24.4 Å². The van der Waals surface area contributed by atoms with Crippen molar-refractivity contribution in [1.29, 1.82) is 0 Å². The number of hydrogen-bond acceptors (Lipinski definition) is 7. The first-order valence-corrected chi connectivity index (χ1v) is 11.6. The first-order valence-electron chi connectivity index (χ1n) is 11.6. The van der Waals surface area contributed by atoms with Gasteiger partial charge in [0.05, 0.1) is 13.2 Å². The van der Waals surface area contributed by atoms with E-state index in [9.17, 15) is 4.79 Å². The van der Waals surface area contributed by atoms with E-state index in [0.29, 0.717) is 24.7 Å². The number of fused-ring (bicyclic) bond motifs is 2. The number of carbonyl (C=O) groups is 1. The molecule has 0 bridgehead atoms. The van der Waals surface area contributed by atoms with E-state index in [1.807, 2.05) is 12.1 Å². The largest absolute Gasteiger partial charge is 0.493 e. The Morgan fingerprint density at radius 3 is 2.82 bits per heavy atom. The van der Waals surface area contributed by atoms with Gasteiger partial charge in [0.1, 0.15) is 12.4 Å². The first-order chi connectivity index (χ1) is 16.1. The number of amides is 1. The smallest absolute Gasteiger partial charge is 0.237 e. The van der Waals surface area contributed by atoms with Crippen molar-refractivity contribution in [3.63, 3.8) is 0 Å². The zero-order valence-electron chi connectivity index (χ0n) is 19.3. The summed E-state index contributed by atoms with van der Waals surface area (Å²) in [6.07, 6.45) is 0.812. The van der Waals surface area contributed by atoms with Crippen LogP contribution in [0.5, 0.6) is 23.0 Å². The zero-order chi connectivity index (χ0) is 22.8. The fourth-order valence-corrected chi connectivity index (χ4v) is 4.90. The summed E-state index contributed by atoms with van der Waals surface area (Å²) in [6, 6.07) is 10.4. The van der Waals surface area contributed by atoms with E-state index in [1.165, 1.54) is 11.1 Å². The van der Waals surface area contributed by atoms with Crippen LogP contribution < -0.4 is 24.3 Å². The molecule has 3 heterocycles. The van der Waals surface area contributed by atoms with Gasteiger partial charge >= 0.3 is 0 Å². The van der Waals surface area contributed by atoms with Gasteiger partial charge in [0.2, 0.25) is 18.4 Å². The van der Waals surface area contributed by atoms with Crippen molar-refractivity contribution in [1.82, 2.24) is 15.1 Å². The van der Waals surface area contributed by atoms with Crippen molar-refractivity contribution in [2.45, 2.75) is 39.0 Å². The third-order valence-electron chi connectivity index (χ3n) is 6.52. The highest BCUT2D eigenvalue weighted by molar-refractivity contribution is 5.82. The first kappa shape index (κ1) is 21.9. The second-order valence-corrected chi connectivity index (χ2v) is 8.72. The summed E-state index contributed by atoms with van der Waals surface area (Å²) < 4.78 is 22.7.